The number of hydrogen-bond acceptors (Lipinski definition) is 3. The van der Waals surface area contributed by atoms with Gasteiger partial charge in [0.25, 0.3) is 0 Å². The molecular weight excluding hydrogens is 623 g/mol. The van der Waals surface area contributed by atoms with Gasteiger partial charge in [0.15, 0.2) is 11.6 Å². The number of aromatic nitrogens is 5. The van der Waals surface area contributed by atoms with E-state index in [1.807, 2.05) is 42.5 Å². The fourth-order valence-electron chi connectivity index (χ4n) is 7.50. The average Bonchev–Trinajstić information content (AvgIpc) is 3.71. The van der Waals surface area contributed by atoms with Gasteiger partial charge in [-0.3, -0.25) is 4.57 Å². The van der Waals surface area contributed by atoms with Gasteiger partial charge in [-0.1, -0.05) is 121 Å². The topological polar surface area (TPSA) is 48.5 Å². The maximum Gasteiger partial charge on any atom is 0.238 e. The van der Waals surface area contributed by atoms with Crippen LogP contribution in [0.1, 0.15) is 5.56 Å². The van der Waals surface area contributed by atoms with Crippen molar-refractivity contribution in [3.05, 3.63) is 175 Å². The Morgan fingerprint density at radius 2 is 0.882 bits per heavy atom. The summed E-state index contributed by atoms with van der Waals surface area (Å²) in [4.78, 5) is 15.2. The molecule has 0 bridgehead atoms. The molecule has 0 atom stereocenters. The third kappa shape index (κ3) is 4.74. The Kier molecular flexibility index (Phi) is 6.64. The first-order valence-corrected chi connectivity index (χ1v) is 17.2. The molecule has 5 nitrogen and oxygen atoms in total. The van der Waals surface area contributed by atoms with Crippen LogP contribution in [0.3, 0.4) is 0 Å². The summed E-state index contributed by atoms with van der Waals surface area (Å²) in [6, 6.07) is 59.8. The van der Waals surface area contributed by atoms with Crippen molar-refractivity contribution in [2.45, 2.75) is 6.92 Å². The van der Waals surface area contributed by atoms with Crippen LogP contribution in [0.15, 0.2) is 170 Å². The predicted molar refractivity (Wildman–Crippen MR) is 210 cm³/mol. The van der Waals surface area contributed by atoms with Crippen LogP contribution in [0.2, 0.25) is 0 Å². The van der Waals surface area contributed by atoms with E-state index in [1.54, 1.807) is 0 Å². The van der Waals surface area contributed by atoms with Crippen LogP contribution in [0.4, 0.5) is 0 Å². The van der Waals surface area contributed by atoms with Crippen molar-refractivity contribution in [1.82, 2.24) is 24.1 Å². The second-order valence-corrected chi connectivity index (χ2v) is 13.0. The average molecular weight is 654 g/mol. The van der Waals surface area contributed by atoms with E-state index < -0.39 is 0 Å². The van der Waals surface area contributed by atoms with Gasteiger partial charge in [-0.05, 0) is 72.1 Å². The monoisotopic (exact) mass is 653 g/mol. The molecule has 0 fully saturated rings. The minimum atomic E-state index is 0.594. The van der Waals surface area contributed by atoms with Gasteiger partial charge in [-0.25, -0.2) is 4.98 Å². The molecule has 0 saturated heterocycles. The van der Waals surface area contributed by atoms with Crippen LogP contribution < -0.4 is 0 Å². The highest BCUT2D eigenvalue weighted by molar-refractivity contribution is 6.12. The maximum absolute atomic E-state index is 5.14. The van der Waals surface area contributed by atoms with Gasteiger partial charge in [0, 0.05) is 38.4 Å². The van der Waals surface area contributed by atoms with E-state index in [9.17, 15) is 0 Å². The summed E-state index contributed by atoms with van der Waals surface area (Å²) < 4.78 is 4.54. The molecule has 51 heavy (non-hydrogen) atoms. The molecule has 0 spiro atoms. The Labute approximate surface area is 294 Å². The predicted octanol–water partition coefficient (Wildman–Crippen LogP) is 11.4. The molecule has 3 aromatic heterocycles. The first kappa shape index (κ1) is 29.1. The smallest absolute Gasteiger partial charge is 0.238 e. The van der Waals surface area contributed by atoms with E-state index in [0.717, 1.165) is 49.7 Å². The van der Waals surface area contributed by atoms with Crippen LogP contribution in [-0.4, -0.2) is 24.1 Å². The van der Waals surface area contributed by atoms with E-state index in [0.29, 0.717) is 17.6 Å². The fraction of sp³-hybridized carbons (Fsp3) is 0.0217. The number of rotatable bonds is 5. The molecule has 7 aromatic carbocycles. The van der Waals surface area contributed by atoms with Gasteiger partial charge >= 0.3 is 0 Å². The second kappa shape index (κ2) is 11.6. The molecule has 240 valence electrons. The first-order chi connectivity index (χ1) is 25.2. The summed E-state index contributed by atoms with van der Waals surface area (Å²) in [5, 5.41) is 4.77. The highest BCUT2D eigenvalue weighted by atomic mass is 15.2. The van der Waals surface area contributed by atoms with Crippen LogP contribution >= 0.6 is 0 Å². The standard InChI is InChI=1S/C46H31N5/c1-30-14-8-9-19-35(30)45-47-44(31-15-4-2-5-16-31)48-46(49-45)51-41-23-13-11-21-37(41)39-29-33(25-27-43(39)51)32-24-26-42-38(28-32)36-20-10-12-22-40(36)50(42)34-17-6-3-7-18-34/h2-29H,1H3. The molecule has 3 heterocycles. The van der Waals surface area contributed by atoms with Crippen LogP contribution in [0.5, 0.6) is 0 Å². The number of benzene rings is 7. The fourth-order valence-corrected chi connectivity index (χ4v) is 7.50. The molecule has 5 heteroatoms. The quantitative estimate of drug-likeness (QED) is 0.186. The van der Waals surface area contributed by atoms with Crippen LogP contribution in [0.25, 0.3) is 89.2 Å². The van der Waals surface area contributed by atoms with Crippen molar-refractivity contribution in [2.24, 2.45) is 0 Å². The van der Waals surface area contributed by atoms with Gasteiger partial charge in [0.2, 0.25) is 5.95 Å². The van der Waals surface area contributed by atoms with E-state index >= 15 is 0 Å². The van der Waals surface area contributed by atoms with Crippen molar-refractivity contribution in [1.29, 1.82) is 0 Å². The summed E-state index contributed by atoms with van der Waals surface area (Å²) >= 11 is 0. The van der Waals surface area contributed by atoms with Gasteiger partial charge in [-0.15, -0.1) is 0 Å². The third-order valence-corrected chi connectivity index (χ3v) is 9.93. The zero-order valence-electron chi connectivity index (χ0n) is 27.9. The molecule has 0 aliphatic rings. The highest BCUT2D eigenvalue weighted by Gasteiger charge is 2.19. The van der Waals surface area contributed by atoms with E-state index in [1.165, 1.54) is 27.4 Å². The molecule has 0 amide bonds. The first-order valence-electron chi connectivity index (χ1n) is 17.2. The summed E-state index contributed by atoms with van der Waals surface area (Å²) in [5.41, 5.74) is 11.0. The molecule has 0 unspecified atom stereocenters. The number of fused-ring (bicyclic) bond motifs is 6. The van der Waals surface area contributed by atoms with Gasteiger partial charge in [-0.2, -0.15) is 9.97 Å². The summed E-state index contributed by atoms with van der Waals surface area (Å²) in [5.74, 6) is 1.89. The summed E-state index contributed by atoms with van der Waals surface area (Å²) in [7, 11) is 0. The van der Waals surface area contributed by atoms with Crippen LogP contribution in [-0.2, 0) is 0 Å². The van der Waals surface area contributed by atoms with Gasteiger partial charge < -0.3 is 4.57 Å². The van der Waals surface area contributed by atoms with Crippen molar-refractivity contribution < 1.29 is 0 Å². The van der Waals surface area contributed by atoms with E-state index in [-0.39, 0.29) is 0 Å². The number of para-hydroxylation sites is 3. The Morgan fingerprint density at radius 3 is 1.55 bits per heavy atom. The lowest BCUT2D eigenvalue weighted by Crippen LogP contribution is -2.06. The molecule has 0 saturated carbocycles. The van der Waals surface area contributed by atoms with Crippen molar-refractivity contribution in [3.8, 4) is 45.5 Å². The van der Waals surface area contributed by atoms with Gasteiger partial charge in [0.1, 0.15) is 0 Å². The largest absolute Gasteiger partial charge is 0.309 e. The third-order valence-electron chi connectivity index (χ3n) is 9.93. The highest BCUT2D eigenvalue weighted by Crippen LogP contribution is 2.38. The number of nitrogens with zero attached hydrogens (tertiary/aromatic N) is 5. The molecule has 10 rings (SSSR count). The molecule has 0 aliphatic heterocycles. The van der Waals surface area contributed by atoms with Crippen LogP contribution in [0, 0.1) is 6.92 Å². The lowest BCUT2D eigenvalue weighted by atomic mass is 10.0. The Balaban J connectivity index is 1.18. The SMILES string of the molecule is Cc1ccccc1-c1nc(-c2ccccc2)nc(-n2c3ccccc3c3cc(-c4ccc5c(c4)c4ccccc4n5-c4ccccc4)ccc32)n1. The number of aryl methyl sites for hydroxylation is 1. The minimum absolute atomic E-state index is 0.594. The Bertz CT molecular complexity index is 2920. The van der Waals surface area contributed by atoms with Crippen molar-refractivity contribution >= 4 is 43.6 Å². The normalized spacial score (nSPS) is 11.6. The number of hydrogen-bond donors (Lipinski definition) is 0. The Hall–Kier alpha value is -6.85. The van der Waals surface area contributed by atoms with Crippen molar-refractivity contribution in [2.75, 3.05) is 0 Å². The molecule has 0 N–H and O–H groups in total. The summed E-state index contributed by atoms with van der Waals surface area (Å²) in [6.45, 7) is 2.10. The van der Waals surface area contributed by atoms with Gasteiger partial charge in [0.05, 0.1) is 22.1 Å². The molecule has 0 radical (unpaired) electrons. The maximum atomic E-state index is 5.14. The lowest BCUT2D eigenvalue weighted by molar-refractivity contribution is 0.952. The zero-order valence-corrected chi connectivity index (χ0v) is 27.9. The Morgan fingerprint density at radius 1 is 0.373 bits per heavy atom. The second-order valence-electron chi connectivity index (χ2n) is 13.0. The van der Waals surface area contributed by atoms with E-state index in [4.69, 9.17) is 15.0 Å². The molecular formula is C46H31N5. The minimum Gasteiger partial charge on any atom is -0.309 e. The van der Waals surface area contributed by atoms with E-state index in [2.05, 4.69) is 143 Å². The molecule has 0 aliphatic carbocycles. The lowest BCUT2D eigenvalue weighted by Gasteiger charge is -2.12. The zero-order chi connectivity index (χ0) is 33.9. The summed E-state index contributed by atoms with van der Waals surface area (Å²) in [6.07, 6.45) is 0. The molecule has 10 aromatic rings. The van der Waals surface area contributed by atoms with Crippen molar-refractivity contribution in [3.63, 3.8) is 0 Å².